The lowest BCUT2D eigenvalue weighted by Crippen LogP contribution is -2.47. The molecule has 2 atom stereocenters. The summed E-state index contributed by atoms with van der Waals surface area (Å²) >= 11 is 0. The molecule has 1 aromatic carbocycles. The van der Waals surface area contributed by atoms with Crippen molar-refractivity contribution in [2.75, 3.05) is 26.2 Å². The normalized spacial score (nSPS) is 20.6. The zero-order valence-corrected chi connectivity index (χ0v) is 20.9. The van der Waals surface area contributed by atoms with Crippen LogP contribution in [0.5, 0.6) is 5.75 Å². The second-order valence-electron chi connectivity index (χ2n) is 8.69. The molecule has 7 nitrogen and oxygen atoms in total. The Hall–Kier alpha value is -2.35. The smallest absolute Gasteiger partial charge is 0.236 e. The second-order valence-corrected chi connectivity index (χ2v) is 8.69. The summed E-state index contributed by atoms with van der Waals surface area (Å²) in [5, 5.41) is 6.29. The third-order valence-corrected chi connectivity index (χ3v) is 6.45. The maximum Gasteiger partial charge on any atom is 0.236 e. The van der Waals surface area contributed by atoms with E-state index in [4.69, 9.17) is 4.74 Å². The molecule has 2 N–H and O–H groups in total. The highest BCUT2D eigenvalue weighted by Gasteiger charge is 2.32. The second kappa shape index (κ2) is 14.1. The number of piperidine rings is 1. The van der Waals surface area contributed by atoms with Crippen LogP contribution in [-0.4, -0.2) is 47.9 Å². The van der Waals surface area contributed by atoms with Crippen LogP contribution < -0.4 is 15.4 Å². The molecule has 1 aromatic heterocycles. The lowest BCUT2D eigenvalue weighted by atomic mass is 9.80. The molecule has 1 fully saturated rings. The third kappa shape index (κ3) is 7.86. The van der Waals surface area contributed by atoms with Crippen LogP contribution in [0.25, 0.3) is 0 Å². The minimum absolute atomic E-state index is 0. The molecular weight excluding hydrogens is 475 g/mol. The number of aromatic nitrogens is 1. The van der Waals surface area contributed by atoms with Crippen LogP contribution in [0.3, 0.4) is 0 Å². The van der Waals surface area contributed by atoms with Crippen LogP contribution in [0.15, 0.2) is 48.8 Å². The fraction of sp³-hybridized carbons (Fsp3) is 0.480. The van der Waals surface area contributed by atoms with Crippen molar-refractivity contribution in [2.45, 2.75) is 38.8 Å². The number of carbonyl (C=O) groups excluding carboxylic acids is 2. The first-order valence-electron chi connectivity index (χ1n) is 11.5. The zero-order valence-electron chi connectivity index (χ0n) is 19.3. The Labute approximate surface area is 213 Å². The fourth-order valence-electron chi connectivity index (χ4n) is 4.65. The highest BCUT2D eigenvalue weighted by atomic mass is 35.5. The average molecular weight is 509 g/mol. The number of carbonyl (C=O) groups is 2. The Bertz CT molecular complexity index is 916. The van der Waals surface area contributed by atoms with Gasteiger partial charge in [0.1, 0.15) is 5.75 Å². The highest BCUT2D eigenvalue weighted by Crippen LogP contribution is 2.30. The summed E-state index contributed by atoms with van der Waals surface area (Å²) in [6, 6.07) is 11.8. The van der Waals surface area contributed by atoms with Gasteiger partial charge in [-0.25, -0.2) is 0 Å². The molecule has 1 saturated heterocycles. The van der Waals surface area contributed by atoms with Gasteiger partial charge >= 0.3 is 0 Å². The molecule has 0 aliphatic carbocycles. The molecule has 0 spiro atoms. The van der Waals surface area contributed by atoms with E-state index in [0.717, 1.165) is 36.1 Å². The van der Waals surface area contributed by atoms with Crippen LogP contribution in [-0.2, 0) is 22.7 Å². The number of nitrogens with one attached hydrogen (secondary N) is 2. The Morgan fingerprint density at radius 1 is 1.15 bits per heavy atom. The summed E-state index contributed by atoms with van der Waals surface area (Å²) in [4.78, 5) is 31.5. The highest BCUT2D eigenvalue weighted by molar-refractivity contribution is 5.85. The van der Waals surface area contributed by atoms with Crippen molar-refractivity contribution in [3.63, 3.8) is 0 Å². The number of benzene rings is 1. The number of amides is 2. The molecular formula is C25H34Cl2N4O3. The number of rotatable bonds is 4. The molecule has 34 heavy (non-hydrogen) atoms. The van der Waals surface area contributed by atoms with Crippen molar-refractivity contribution < 1.29 is 14.3 Å². The molecule has 3 heterocycles. The van der Waals surface area contributed by atoms with Gasteiger partial charge in [-0.1, -0.05) is 24.3 Å². The lowest BCUT2D eigenvalue weighted by Gasteiger charge is -2.38. The molecule has 0 saturated carbocycles. The molecule has 2 aliphatic heterocycles. The van der Waals surface area contributed by atoms with E-state index in [1.165, 1.54) is 0 Å². The number of hydrogen-bond donors (Lipinski definition) is 2. The predicted octanol–water partition coefficient (Wildman–Crippen LogP) is 3.36. The first kappa shape index (κ1) is 27.9. The van der Waals surface area contributed by atoms with E-state index in [1.807, 2.05) is 41.3 Å². The first-order valence-corrected chi connectivity index (χ1v) is 11.5. The summed E-state index contributed by atoms with van der Waals surface area (Å²) in [6.45, 7) is 3.49. The number of pyridine rings is 1. The van der Waals surface area contributed by atoms with E-state index in [1.54, 1.807) is 12.4 Å². The minimum Gasteiger partial charge on any atom is -0.493 e. The maximum absolute atomic E-state index is 12.8. The van der Waals surface area contributed by atoms with Gasteiger partial charge in [-0.2, -0.15) is 0 Å². The summed E-state index contributed by atoms with van der Waals surface area (Å²) in [6.07, 6.45) is 6.70. The van der Waals surface area contributed by atoms with Gasteiger partial charge in [0.05, 0.1) is 13.2 Å². The lowest BCUT2D eigenvalue weighted by molar-refractivity contribution is -0.133. The minimum atomic E-state index is 0. The number of hydrogen-bond acceptors (Lipinski definition) is 5. The molecule has 186 valence electrons. The van der Waals surface area contributed by atoms with E-state index in [-0.39, 0.29) is 42.5 Å². The molecule has 2 aliphatic rings. The van der Waals surface area contributed by atoms with Crippen molar-refractivity contribution in [3.8, 4) is 5.75 Å². The van der Waals surface area contributed by atoms with E-state index in [2.05, 4.69) is 15.6 Å². The van der Waals surface area contributed by atoms with Gasteiger partial charge in [0, 0.05) is 50.6 Å². The van der Waals surface area contributed by atoms with Crippen molar-refractivity contribution in [3.05, 3.63) is 59.9 Å². The number of fused-ring (bicyclic) bond motifs is 3. The zero-order chi connectivity index (χ0) is 22.2. The van der Waals surface area contributed by atoms with Crippen LogP contribution >= 0.6 is 24.8 Å². The first-order chi connectivity index (χ1) is 15.7. The Kier molecular flexibility index (Phi) is 11.6. The van der Waals surface area contributed by atoms with E-state index >= 15 is 0 Å². The summed E-state index contributed by atoms with van der Waals surface area (Å²) in [7, 11) is 0. The number of nitrogens with zero attached hydrogens (tertiary/aromatic N) is 2. The molecule has 9 heteroatoms. The van der Waals surface area contributed by atoms with Crippen molar-refractivity contribution in [2.24, 2.45) is 11.8 Å². The Morgan fingerprint density at radius 3 is 2.82 bits per heavy atom. The SMILES string of the molecule is Cl.Cl.O=C(C[C@@H]1CCN2C[C@@H]1CCCOc1ccccc1CNCC2=O)NCc1cccnc1. The van der Waals surface area contributed by atoms with Crippen LogP contribution in [0.1, 0.15) is 36.8 Å². The number of halogens is 2. The van der Waals surface area contributed by atoms with Crippen LogP contribution in [0.4, 0.5) is 0 Å². The summed E-state index contributed by atoms with van der Waals surface area (Å²) < 4.78 is 6.05. The van der Waals surface area contributed by atoms with Gasteiger partial charge in [-0.15, -0.1) is 24.8 Å². The molecule has 0 radical (unpaired) electrons. The molecule has 2 bridgehead atoms. The topological polar surface area (TPSA) is 83.6 Å². The van der Waals surface area contributed by atoms with Crippen molar-refractivity contribution in [1.29, 1.82) is 0 Å². The number of ether oxygens (including phenoxy) is 1. The van der Waals surface area contributed by atoms with Crippen LogP contribution in [0, 0.1) is 11.8 Å². The van der Waals surface area contributed by atoms with Gasteiger partial charge < -0.3 is 20.3 Å². The third-order valence-electron chi connectivity index (χ3n) is 6.45. The van der Waals surface area contributed by atoms with Gasteiger partial charge in [-0.3, -0.25) is 14.6 Å². The van der Waals surface area contributed by atoms with Gasteiger partial charge in [-0.05, 0) is 48.8 Å². The van der Waals surface area contributed by atoms with Gasteiger partial charge in [0.15, 0.2) is 0 Å². The van der Waals surface area contributed by atoms with Gasteiger partial charge in [0.2, 0.25) is 11.8 Å². The van der Waals surface area contributed by atoms with Gasteiger partial charge in [0.25, 0.3) is 0 Å². The van der Waals surface area contributed by atoms with E-state index in [0.29, 0.717) is 51.7 Å². The average Bonchev–Trinajstić information content (AvgIpc) is 2.83. The quantitative estimate of drug-likeness (QED) is 0.661. The molecule has 0 unspecified atom stereocenters. The van der Waals surface area contributed by atoms with Crippen molar-refractivity contribution >= 4 is 36.6 Å². The van der Waals surface area contributed by atoms with Crippen LogP contribution in [0.2, 0.25) is 0 Å². The largest absolute Gasteiger partial charge is 0.493 e. The van der Waals surface area contributed by atoms with E-state index < -0.39 is 0 Å². The molecule has 2 amide bonds. The fourth-order valence-corrected chi connectivity index (χ4v) is 4.65. The standard InChI is InChI=1S/C25H32N4O3.2ClH/c30-24(28-15-19-5-3-10-26-14-19)13-20-9-11-29-18-22(20)7-4-12-32-23-8-2-1-6-21(23)16-27-17-25(29)31;;/h1-3,5-6,8,10,14,20,22,27H,4,7,9,11-13,15-18H2,(H,28,30);2*1H/t20-,22-;;/m0../s1. The monoisotopic (exact) mass is 508 g/mol. The summed E-state index contributed by atoms with van der Waals surface area (Å²) in [5.41, 5.74) is 2.06. The maximum atomic E-state index is 12.8. The summed E-state index contributed by atoms with van der Waals surface area (Å²) in [5.74, 6) is 1.65. The molecule has 2 aromatic rings. The number of para-hydroxylation sites is 1. The van der Waals surface area contributed by atoms with Crippen molar-refractivity contribution in [1.82, 2.24) is 20.5 Å². The Balaban J connectivity index is 0.00000204. The molecule has 4 rings (SSSR count). The predicted molar refractivity (Wildman–Crippen MR) is 136 cm³/mol. The Morgan fingerprint density at radius 2 is 2.00 bits per heavy atom. The van der Waals surface area contributed by atoms with E-state index in [9.17, 15) is 9.59 Å².